The van der Waals surface area contributed by atoms with E-state index in [0.717, 1.165) is 9.35 Å². The van der Waals surface area contributed by atoms with Crippen LogP contribution in [0, 0.1) is 0 Å². The van der Waals surface area contributed by atoms with Gasteiger partial charge in [0.25, 0.3) is 0 Å². The molecular formula is C12H10BrClN2O2S. The number of nitrogens with two attached hydrogens (primary N) is 1. The number of anilines is 2. The van der Waals surface area contributed by atoms with Crippen LogP contribution in [0.15, 0.2) is 28.1 Å². The van der Waals surface area contributed by atoms with Crippen molar-refractivity contribution in [3.8, 4) is 0 Å². The van der Waals surface area contributed by atoms with Crippen molar-refractivity contribution in [3.63, 3.8) is 0 Å². The summed E-state index contributed by atoms with van der Waals surface area (Å²) in [6.07, 6.45) is 0. The van der Waals surface area contributed by atoms with E-state index in [1.54, 1.807) is 11.3 Å². The van der Waals surface area contributed by atoms with Crippen LogP contribution in [0.1, 0.15) is 15.2 Å². The average Bonchev–Trinajstić information content (AvgIpc) is 2.73. The van der Waals surface area contributed by atoms with Crippen molar-refractivity contribution in [2.45, 2.75) is 6.54 Å². The molecule has 0 spiro atoms. The molecule has 2 aromatic rings. The van der Waals surface area contributed by atoms with E-state index >= 15 is 0 Å². The van der Waals surface area contributed by atoms with Crippen molar-refractivity contribution >= 4 is 56.2 Å². The Morgan fingerprint density at radius 1 is 1.47 bits per heavy atom. The van der Waals surface area contributed by atoms with Gasteiger partial charge in [0.2, 0.25) is 0 Å². The van der Waals surface area contributed by atoms with Crippen molar-refractivity contribution in [1.29, 1.82) is 0 Å². The molecule has 1 aromatic carbocycles. The van der Waals surface area contributed by atoms with Crippen LogP contribution in [0.3, 0.4) is 0 Å². The van der Waals surface area contributed by atoms with Gasteiger partial charge >= 0.3 is 5.97 Å². The highest BCUT2D eigenvalue weighted by molar-refractivity contribution is 9.10. The number of benzene rings is 1. The largest absolute Gasteiger partial charge is 0.478 e. The molecule has 0 radical (unpaired) electrons. The van der Waals surface area contributed by atoms with Gasteiger partial charge in [-0.15, -0.1) is 11.3 Å². The first-order chi connectivity index (χ1) is 8.97. The number of carbonyl (C=O) groups is 1. The molecule has 0 aliphatic rings. The molecule has 7 heteroatoms. The topological polar surface area (TPSA) is 75.3 Å². The van der Waals surface area contributed by atoms with Crippen LogP contribution < -0.4 is 11.1 Å². The Balaban J connectivity index is 2.26. The Bertz CT molecular complexity index is 630. The number of hydrogen-bond donors (Lipinski definition) is 3. The Hall–Kier alpha value is -1.24. The maximum absolute atomic E-state index is 11.2. The molecule has 0 aliphatic heterocycles. The Morgan fingerprint density at radius 2 is 2.21 bits per heavy atom. The van der Waals surface area contributed by atoms with Crippen molar-refractivity contribution in [3.05, 3.63) is 43.5 Å². The van der Waals surface area contributed by atoms with Crippen molar-refractivity contribution in [2.75, 3.05) is 11.1 Å². The van der Waals surface area contributed by atoms with Gasteiger partial charge in [-0.3, -0.25) is 0 Å². The third kappa shape index (κ3) is 3.40. The van der Waals surface area contributed by atoms with Gasteiger partial charge in [0, 0.05) is 27.0 Å². The highest BCUT2D eigenvalue weighted by Crippen LogP contribution is 2.30. The van der Waals surface area contributed by atoms with Crippen LogP contribution in [0.4, 0.5) is 11.4 Å². The molecule has 1 heterocycles. The first-order valence-corrected chi connectivity index (χ1v) is 7.31. The summed E-state index contributed by atoms with van der Waals surface area (Å²) in [6, 6.07) is 4.88. The standard InChI is InChI=1S/C12H10BrClN2O2S/c13-6-1-8(19-5-6)4-16-11-9(12(17)18)2-7(15)3-10(11)14/h1-3,5,16H,4,15H2,(H,17,18). The van der Waals surface area contributed by atoms with E-state index in [1.165, 1.54) is 12.1 Å². The summed E-state index contributed by atoms with van der Waals surface area (Å²) >= 11 is 11.0. The maximum Gasteiger partial charge on any atom is 0.337 e. The summed E-state index contributed by atoms with van der Waals surface area (Å²) < 4.78 is 0.996. The zero-order valence-electron chi connectivity index (χ0n) is 9.61. The van der Waals surface area contributed by atoms with E-state index in [-0.39, 0.29) is 5.56 Å². The summed E-state index contributed by atoms with van der Waals surface area (Å²) in [4.78, 5) is 12.2. The number of nitrogen functional groups attached to an aromatic ring is 1. The van der Waals surface area contributed by atoms with Gasteiger partial charge in [0.15, 0.2) is 0 Å². The normalized spacial score (nSPS) is 10.4. The van der Waals surface area contributed by atoms with E-state index in [2.05, 4.69) is 21.2 Å². The van der Waals surface area contributed by atoms with Crippen LogP contribution in [-0.4, -0.2) is 11.1 Å². The second-order valence-electron chi connectivity index (χ2n) is 3.82. The molecule has 0 atom stereocenters. The molecule has 0 amide bonds. The van der Waals surface area contributed by atoms with E-state index in [4.69, 9.17) is 22.4 Å². The smallest absolute Gasteiger partial charge is 0.337 e. The molecular weight excluding hydrogens is 352 g/mol. The number of nitrogens with one attached hydrogen (secondary N) is 1. The molecule has 4 nitrogen and oxygen atoms in total. The lowest BCUT2D eigenvalue weighted by Crippen LogP contribution is -2.07. The number of thiophene rings is 1. The third-order valence-corrected chi connectivity index (χ3v) is 4.40. The molecule has 0 aliphatic carbocycles. The van der Waals surface area contributed by atoms with Crippen LogP contribution >= 0.6 is 38.9 Å². The number of carboxylic acid groups (broad SMARTS) is 1. The fourth-order valence-corrected chi connectivity index (χ4v) is 3.28. The predicted molar refractivity (Wildman–Crippen MR) is 82.2 cm³/mol. The van der Waals surface area contributed by atoms with E-state index in [1.807, 2.05) is 11.4 Å². The first kappa shape index (κ1) is 14.2. The molecule has 1 aromatic heterocycles. The number of carboxylic acids is 1. The molecule has 0 saturated carbocycles. The van der Waals surface area contributed by atoms with Gasteiger partial charge in [0.1, 0.15) is 0 Å². The number of halogens is 2. The summed E-state index contributed by atoms with van der Waals surface area (Å²) in [7, 11) is 0. The predicted octanol–water partition coefficient (Wildman–Crippen LogP) is 4.06. The van der Waals surface area contributed by atoms with Gasteiger partial charge in [-0.25, -0.2) is 4.79 Å². The lowest BCUT2D eigenvalue weighted by atomic mass is 10.1. The van der Waals surface area contributed by atoms with Crippen LogP contribution in [0.25, 0.3) is 0 Å². The molecule has 0 saturated heterocycles. The summed E-state index contributed by atoms with van der Waals surface area (Å²) in [6.45, 7) is 0.500. The van der Waals surface area contributed by atoms with Crippen molar-refractivity contribution in [2.24, 2.45) is 0 Å². The molecule has 100 valence electrons. The van der Waals surface area contributed by atoms with Gasteiger partial charge in [-0.2, -0.15) is 0 Å². The van der Waals surface area contributed by atoms with E-state index in [0.29, 0.717) is 22.9 Å². The van der Waals surface area contributed by atoms with E-state index < -0.39 is 5.97 Å². The summed E-state index contributed by atoms with van der Waals surface area (Å²) in [5.41, 5.74) is 6.38. The van der Waals surface area contributed by atoms with Gasteiger partial charge in [-0.1, -0.05) is 11.6 Å². The molecule has 4 N–H and O–H groups in total. The zero-order chi connectivity index (χ0) is 14.0. The SMILES string of the molecule is Nc1cc(Cl)c(NCc2cc(Br)cs2)c(C(=O)O)c1. The van der Waals surface area contributed by atoms with Crippen molar-refractivity contribution in [1.82, 2.24) is 0 Å². The Morgan fingerprint density at radius 3 is 2.79 bits per heavy atom. The minimum Gasteiger partial charge on any atom is -0.478 e. The lowest BCUT2D eigenvalue weighted by Gasteiger charge is -2.11. The molecule has 0 bridgehead atoms. The molecule has 19 heavy (non-hydrogen) atoms. The number of rotatable bonds is 4. The molecule has 0 fully saturated rings. The van der Waals surface area contributed by atoms with Crippen LogP contribution in [-0.2, 0) is 6.54 Å². The minimum atomic E-state index is -1.07. The van der Waals surface area contributed by atoms with Gasteiger partial charge < -0.3 is 16.2 Å². The Kier molecular flexibility index (Phi) is 4.34. The molecule has 0 unspecified atom stereocenters. The zero-order valence-corrected chi connectivity index (χ0v) is 12.8. The second-order valence-corrected chi connectivity index (χ2v) is 6.13. The minimum absolute atomic E-state index is 0.0700. The fourth-order valence-electron chi connectivity index (χ4n) is 1.60. The number of aromatic carboxylic acids is 1. The quantitative estimate of drug-likeness (QED) is 0.718. The number of hydrogen-bond acceptors (Lipinski definition) is 4. The first-order valence-electron chi connectivity index (χ1n) is 5.26. The van der Waals surface area contributed by atoms with Crippen molar-refractivity contribution < 1.29 is 9.90 Å². The second kappa shape index (κ2) is 5.81. The fraction of sp³-hybridized carbons (Fsp3) is 0.0833. The lowest BCUT2D eigenvalue weighted by molar-refractivity contribution is 0.0698. The maximum atomic E-state index is 11.2. The monoisotopic (exact) mass is 360 g/mol. The third-order valence-electron chi connectivity index (χ3n) is 2.40. The highest BCUT2D eigenvalue weighted by atomic mass is 79.9. The van der Waals surface area contributed by atoms with Gasteiger partial charge in [-0.05, 0) is 34.1 Å². The highest BCUT2D eigenvalue weighted by Gasteiger charge is 2.14. The van der Waals surface area contributed by atoms with Crippen LogP contribution in [0.2, 0.25) is 5.02 Å². The van der Waals surface area contributed by atoms with Gasteiger partial charge in [0.05, 0.1) is 16.3 Å². The summed E-state index contributed by atoms with van der Waals surface area (Å²) in [5, 5.41) is 14.5. The van der Waals surface area contributed by atoms with Crippen LogP contribution in [0.5, 0.6) is 0 Å². The summed E-state index contributed by atoms with van der Waals surface area (Å²) in [5.74, 6) is -1.07. The Labute approximate surface area is 127 Å². The molecule has 2 rings (SSSR count). The average molecular weight is 362 g/mol. The van der Waals surface area contributed by atoms with E-state index in [9.17, 15) is 4.79 Å².